The van der Waals surface area contributed by atoms with Crippen LogP contribution in [0.15, 0.2) is 0 Å². The van der Waals surface area contributed by atoms with Gasteiger partial charge in [-0.3, -0.25) is 4.39 Å². The molecule has 2 unspecified atom stereocenters. The average molecular weight is 241 g/mol. The van der Waals surface area contributed by atoms with Gasteiger partial charge in [0.05, 0.1) is 18.5 Å². The molecule has 0 radical (unpaired) electrons. The van der Waals surface area contributed by atoms with E-state index in [0.717, 1.165) is 0 Å². The van der Waals surface area contributed by atoms with Crippen LogP contribution in [0.2, 0.25) is 0 Å². The number of halogens is 1. The van der Waals surface area contributed by atoms with Crippen molar-refractivity contribution in [2.45, 2.75) is 32.8 Å². The summed E-state index contributed by atoms with van der Waals surface area (Å²) in [6.45, 7) is 3.18. The molecule has 0 aromatic carbocycles. The van der Waals surface area contributed by atoms with Gasteiger partial charge in [0, 0.05) is 6.54 Å². The monoisotopic (exact) mass is 241 g/mol. The molecule has 2 N–H and O–H groups in total. The molecule has 0 amide bonds. The van der Waals surface area contributed by atoms with Gasteiger partial charge < -0.3 is 5.11 Å². The van der Waals surface area contributed by atoms with E-state index in [1.807, 2.05) is 6.92 Å². The van der Waals surface area contributed by atoms with Crippen molar-refractivity contribution in [1.82, 2.24) is 4.72 Å². The third kappa shape index (κ3) is 8.77. The smallest absolute Gasteiger partial charge is 0.211 e. The van der Waals surface area contributed by atoms with Crippen LogP contribution in [0.5, 0.6) is 0 Å². The minimum absolute atomic E-state index is 0.0279. The molecule has 0 saturated heterocycles. The standard InChI is InChI=1S/C9H20FNO3S/c1-8(6-9(2)12)7-11-15(13,14)5-3-4-10/h8-9,11-12H,3-7H2,1-2H3. The lowest BCUT2D eigenvalue weighted by Crippen LogP contribution is -2.31. The topological polar surface area (TPSA) is 66.4 Å². The zero-order valence-corrected chi connectivity index (χ0v) is 10.1. The number of hydrogen-bond donors (Lipinski definition) is 2. The summed E-state index contributed by atoms with van der Waals surface area (Å²) in [5.41, 5.74) is 0. The quantitative estimate of drug-likeness (QED) is 0.656. The molecule has 0 aromatic rings. The highest BCUT2D eigenvalue weighted by atomic mass is 32.2. The Bertz CT molecular complexity index is 254. The maximum absolute atomic E-state index is 11.8. The molecule has 0 bridgehead atoms. The summed E-state index contributed by atoms with van der Waals surface area (Å²) in [5, 5.41) is 9.07. The molecule has 0 rings (SSSR count). The molecule has 0 spiro atoms. The summed E-state index contributed by atoms with van der Waals surface area (Å²) >= 11 is 0. The normalized spacial score (nSPS) is 16.3. The van der Waals surface area contributed by atoms with Crippen LogP contribution in [0.25, 0.3) is 0 Å². The van der Waals surface area contributed by atoms with Gasteiger partial charge in [0.2, 0.25) is 10.0 Å². The fourth-order valence-corrected chi connectivity index (χ4v) is 2.42. The van der Waals surface area contributed by atoms with Crippen LogP contribution >= 0.6 is 0 Å². The second-order valence-electron chi connectivity index (χ2n) is 3.90. The van der Waals surface area contributed by atoms with E-state index in [2.05, 4.69) is 4.72 Å². The Morgan fingerprint density at radius 2 is 2.00 bits per heavy atom. The molecule has 6 heteroatoms. The van der Waals surface area contributed by atoms with E-state index in [-0.39, 0.29) is 18.1 Å². The number of aliphatic hydroxyl groups excluding tert-OH is 1. The van der Waals surface area contributed by atoms with Crippen molar-refractivity contribution in [1.29, 1.82) is 0 Å². The predicted octanol–water partition coefficient (Wildman–Crippen LogP) is 0.672. The van der Waals surface area contributed by atoms with Gasteiger partial charge in [0.25, 0.3) is 0 Å². The maximum Gasteiger partial charge on any atom is 0.211 e. The summed E-state index contributed by atoms with van der Waals surface area (Å²) in [6.07, 6.45) is 0.140. The highest BCUT2D eigenvalue weighted by Gasteiger charge is 2.12. The number of alkyl halides is 1. The molecule has 0 heterocycles. The van der Waals surface area contributed by atoms with Crippen LogP contribution in [0.1, 0.15) is 26.7 Å². The summed E-state index contributed by atoms with van der Waals surface area (Å²) in [6, 6.07) is 0. The van der Waals surface area contributed by atoms with Gasteiger partial charge in [-0.15, -0.1) is 0 Å². The molecule has 0 aliphatic rings. The molecular formula is C9H20FNO3S. The fraction of sp³-hybridized carbons (Fsp3) is 1.00. The Morgan fingerprint density at radius 1 is 1.40 bits per heavy atom. The fourth-order valence-electron chi connectivity index (χ4n) is 1.25. The Kier molecular flexibility index (Phi) is 7.04. The number of rotatable bonds is 8. The van der Waals surface area contributed by atoms with E-state index < -0.39 is 22.8 Å². The average Bonchev–Trinajstić information content (AvgIpc) is 2.11. The van der Waals surface area contributed by atoms with E-state index in [1.165, 1.54) is 0 Å². The van der Waals surface area contributed by atoms with Crippen LogP contribution < -0.4 is 4.72 Å². The van der Waals surface area contributed by atoms with E-state index >= 15 is 0 Å². The van der Waals surface area contributed by atoms with Crippen molar-refractivity contribution >= 4 is 10.0 Å². The van der Waals surface area contributed by atoms with Gasteiger partial charge in [-0.1, -0.05) is 6.92 Å². The molecular weight excluding hydrogens is 221 g/mol. The van der Waals surface area contributed by atoms with Gasteiger partial charge in [-0.25, -0.2) is 13.1 Å². The second kappa shape index (κ2) is 7.14. The molecule has 92 valence electrons. The molecule has 0 aliphatic heterocycles. The minimum atomic E-state index is -3.35. The lowest BCUT2D eigenvalue weighted by atomic mass is 10.1. The van der Waals surface area contributed by atoms with Crippen LogP contribution in [-0.4, -0.2) is 38.6 Å². The minimum Gasteiger partial charge on any atom is -0.393 e. The highest BCUT2D eigenvalue weighted by molar-refractivity contribution is 7.89. The SMILES string of the molecule is CC(O)CC(C)CNS(=O)(=O)CCCF. The molecule has 15 heavy (non-hydrogen) atoms. The van der Waals surface area contributed by atoms with Crippen molar-refractivity contribution in [3.8, 4) is 0 Å². The summed E-state index contributed by atoms with van der Waals surface area (Å²) < 4.78 is 36.6. The van der Waals surface area contributed by atoms with Gasteiger partial charge in [-0.05, 0) is 25.7 Å². The van der Waals surface area contributed by atoms with Gasteiger partial charge in [-0.2, -0.15) is 0 Å². The number of nitrogens with one attached hydrogen (secondary N) is 1. The second-order valence-corrected chi connectivity index (χ2v) is 5.83. The Labute approximate surface area is 90.9 Å². The zero-order chi connectivity index (χ0) is 11.9. The first-order valence-electron chi connectivity index (χ1n) is 5.08. The number of aliphatic hydroxyl groups is 1. The molecule has 4 nitrogen and oxygen atoms in total. The molecule has 2 atom stereocenters. The zero-order valence-electron chi connectivity index (χ0n) is 9.24. The summed E-state index contributed by atoms with van der Waals surface area (Å²) in [5.74, 6) is -0.101. The Balaban J connectivity index is 3.82. The van der Waals surface area contributed by atoms with Gasteiger partial charge in [0.1, 0.15) is 0 Å². The van der Waals surface area contributed by atoms with Crippen molar-refractivity contribution in [2.75, 3.05) is 19.0 Å². The first-order valence-corrected chi connectivity index (χ1v) is 6.74. The van der Waals surface area contributed by atoms with Crippen LogP contribution in [0.4, 0.5) is 4.39 Å². The number of hydrogen-bond acceptors (Lipinski definition) is 3. The maximum atomic E-state index is 11.8. The first kappa shape index (κ1) is 14.8. The molecule has 0 fully saturated rings. The third-order valence-corrected chi connectivity index (χ3v) is 3.37. The van der Waals surface area contributed by atoms with E-state index in [4.69, 9.17) is 5.11 Å². The van der Waals surface area contributed by atoms with Crippen molar-refractivity contribution < 1.29 is 17.9 Å². The van der Waals surface area contributed by atoms with Crippen LogP contribution in [0.3, 0.4) is 0 Å². The molecule has 0 saturated carbocycles. The Hall–Kier alpha value is -0.200. The first-order chi connectivity index (χ1) is 6.87. The largest absolute Gasteiger partial charge is 0.393 e. The predicted molar refractivity (Wildman–Crippen MR) is 57.8 cm³/mol. The molecule has 0 aliphatic carbocycles. The lowest BCUT2D eigenvalue weighted by Gasteiger charge is -2.14. The van der Waals surface area contributed by atoms with Crippen molar-refractivity contribution in [3.05, 3.63) is 0 Å². The van der Waals surface area contributed by atoms with E-state index in [1.54, 1.807) is 6.92 Å². The summed E-state index contributed by atoms with van der Waals surface area (Å²) in [7, 11) is -3.35. The summed E-state index contributed by atoms with van der Waals surface area (Å²) in [4.78, 5) is 0. The lowest BCUT2D eigenvalue weighted by molar-refractivity contribution is 0.165. The van der Waals surface area contributed by atoms with E-state index in [0.29, 0.717) is 13.0 Å². The van der Waals surface area contributed by atoms with Gasteiger partial charge >= 0.3 is 0 Å². The highest BCUT2D eigenvalue weighted by Crippen LogP contribution is 2.04. The third-order valence-electron chi connectivity index (χ3n) is 1.94. The van der Waals surface area contributed by atoms with E-state index in [9.17, 15) is 12.8 Å². The Morgan fingerprint density at radius 3 is 2.47 bits per heavy atom. The van der Waals surface area contributed by atoms with Crippen LogP contribution in [0, 0.1) is 5.92 Å². The van der Waals surface area contributed by atoms with Crippen molar-refractivity contribution in [3.63, 3.8) is 0 Å². The van der Waals surface area contributed by atoms with Crippen LogP contribution in [-0.2, 0) is 10.0 Å². The molecule has 0 aromatic heterocycles. The van der Waals surface area contributed by atoms with Gasteiger partial charge in [0.15, 0.2) is 0 Å². The number of sulfonamides is 1. The van der Waals surface area contributed by atoms with Crippen molar-refractivity contribution in [2.24, 2.45) is 5.92 Å².